The lowest BCUT2D eigenvalue weighted by Crippen LogP contribution is -1.92. The molecule has 0 saturated carbocycles. The highest BCUT2D eigenvalue weighted by Gasteiger charge is 1.80. The van der Waals surface area contributed by atoms with E-state index in [1.807, 2.05) is 0 Å². The number of hydrogen-bond acceptors (Lipinski definition) is 4. The van der Waals surface area contributed by atoms with Crippen LogP contribution in [-0.4, -0.2) is 23.4 Å². The van der Waals surface area contributed by atoms with Crippen LogP contribution in [0.3, 0.4) is 0 Å². The smallest absolute Gasteiger partial charge is 0.293 e. The van der Waals surface area contributed by atoms with Crippen LogP contribution in [-0.2, 0) is 9.53 Å². The fourth-order valence-electron chi connectivity index (χ4n) is 0.133. The van der Waals surface area contributed by atoms with Crippen LogP contribution in [0.5, 0.6) is 0 Å². The number of hydrogen-bond donors (Lipinski definition) is 1. The molecule has 0 aromatic heterocycles. The van der Waals surface area contributed by atoms with Gasteiger partial charge in [-0.05, 0) is 12.0 Å². The minimum absolute atomic E-state index is 0.282. The van der Waals surface area contributed by atoms with Crippen molar-refractivity contribution in [3.8, 4) is 0 Å². The largest absolute Gasteiger partial charge is 0.467 e. The Balaban J connectivity index is 2.56. The van der Waals surface area contributed by atoms with Gasteiger partial charge in [0.25, 0.3) is 6.47 Å². The first kappa shape index (κ1) is 6.78. The van der Waals surface area contributed by atoms with Gasteiger partial charge in [-0.25, -0.2) is 0 Å². The van der Waals surface area contributed by atoms with E-state index >= 15 is 0 Å². The molecule has 0 aromatic carbocycles. The average Bonchev–Trinajstić information content (AvgIpc) is 1.69. The molecule has 0 saturated heterocycles. The van der Waals surface area contributed by atoms with Crippen molar-refractivity contribution in [2.24, 2.45) is 0 Å². The van der Waals surface area contributed by atoms with Crippen molar-refractivity contribution in [2.75, 3.05) is 12.4 Å². The van der Waals surface area contributed by atoms with E-state index in [1.54, 1.807) is 0 Å². The molecule has 0 unspecified atom stereocenters. The highest BCUT2D eigenvalue weighted by molar-refractivity contribution is 7.93. The second-order valence-electron chi connectivity index (χ2n) is 0.800. The third-order valence-electron chi connectivity index (χ3n) is 0.361. The third kappa shape index (κ3) is 5.78. The average molecular weight is 122 g/mol. The summed E-state index contributed by atoms with van der Waals surface area (Å²) in [7, 11) is 0. The Morgan fingerprint density at radius 3 is 3.00 bits per heavy atom. The molecule has 3 nitrogen and oxygen atoms in total. The van der Waals surface area contributed by atoms with E-state index in [0.29, 0.717) is 24.3 Å². The molecule has 0 aliphatic carbocycles. The summed E-state index contributed by atoms with van der Waals surface area (Å²) in [5, 5.41) is 0. The predicted octanol–water partition coefficient (Wildman–Crippen LogP) is 0.366. The molecule has 42 valence electrons. The van der Waals surface area contributed by atoms with Crippen LogP contribution in [0.4, 0.5) is 0 Å². The number of rotatable bonds is 4. The van der Waals surface area contributed by atoms with E-state index in [0.717, 1.165) is 0 Å². The number of ether oxygens (including phenoxy) is 1. The molecule has 1 N–H and O–H groups in total. The molecule has 0 radical (unpaired) electrons. The molecule has 0 aliphatic heterocycles. The van der Waals surface area contributed by atoms with Crippen molar-refractivity contribution in [1.29, 1.82) is 0 Å². The zero-order chi connectivity index (χ0) is 5.54. The zero-order valence-corrected chi connectivity index (χ0v) is 4.48. The van der Waals surface area contributed by atoms with Gasteiger partial charge in [0, 0.05) is 0 Å². The Morgan fingerprint density at radius 1 is 1.86 bits per heavy atom. The van der Waals surface area contributed by atoms with Gasteiger partial charge in [0.1, 0.15) is 6.61 Å². The first-order chi connectivity index (χ1) is 3.41. The predicted molar refractivity (Wildman–Crippen MR) is 27.1 cm³/mol. The second-order valence-corrected chi connectivity index (χ2v) is 1.47. The number of carbonyl (C=O) groups excluding carboxylic acids is 1. The summed E-state index contributed by atoms with van der Waals surface area (Å²) in [6.07, 6.45) is 0. The molecule has 7 heavy (non-hydrogen) atoms. The molecule has 0 amide bonds. The maximum Gasteiger partial charge on any atom is 0.293 e. The summed E-state index contributed by atoms with van der Waals surface area (Å²) in [5.74, 6) is 0.443. The summed E-state index contributed by atoms with van der Waals surface area (Å²) in [5.41, 5.74) is 0. The van der Waals surface area contributed by atoms with E-state index < -0.39 is 0 Å². The summed E-state index contributed by atoms with van der Waals surface area (Å²) < 4.78 is 12.2. The Kier molecular flexibility index (Phi) is 5.60. The maximum absolute atomic E-state index is 9.37. The van der Waals surface area contributed by atoms with Gasteiger partial charge in [-0.3, -0.25) is 4.79 Å². The minimum Gasteiger partial charge on any atom is -0.467 e. The molecule has 4 heteroatoms. The zero-order valence-electron chi connectivity index (χ0n) is 3.66. The first-order valence-corrected chi connectivity index (χ1v) is 2.67. The fourth-order valence-corrected chi connectivity index (χ4v) is 0.304. The van der Waals surface area contributed by atoms with E-state index in [9.17, 15) is 4.79 Å². The molecule has 0 atom stereocenters. The first-order valence-electron chi connectivity index (χ1n) is 1.73. The summed E-state index contributed by atoms with van der Waals surface area (Å²) in [6, 6.07) is 0. The van der Waals surface area contributed by atoms with Crippen molar-refractivity contribution in [3.05, 3.63) is 0 Å². The van der Waals surface area contributed by atoms with Crippen LogP contribution in [0.15, 0.2) is 0 Å². The van der Waals surface area contributed by atoms with Crippen LogP contribution in [0.2, 0.25) is 0 Å². The topological polar surface area (TPSA) is 46.5 Å². The van der Waals surface area contributed by atoms with Gasteiger partial charge >= 0.3 is 0 Å². The van der Waals surface area contributed by atoms with Gasteiger partial charge in [-0.1, -0.05) is 0 Å². The van der Waals surface area contributed by atoms with Gasteiger partial charge in [-0.2, -0.15) is 0 Å². The molecule has 0 fully saturated rings. The lowest BCUT2D eigenvalue weighted by molar-refractivity contribution is -0.128. The van der Waals surface area contributed by atoms with E-state index in [4.69, 9.17) is 4.55 Å². The van der Waals surface area contributed by atoms with Gasteiger partial charge in [-0.15, -0.1) is 0 Å². The van der Waals surface area contributed by atoms with Gasteiger partial charge in [0.2, 0.25) is 0 Å². The molecular weight excluding hydrogens is 116 g/mol. The van der Waals surface area contributed by atoms with Gasteiger partial charge in [0.05, 0.1) is 5.75 Å². The minimum atomic E-state index is 0.282. The Hall–Kier alpha value is -0.220. The normalized spacial score (nSPS) is 8.14. The van der Waals surface area contributed by atoms with Crippen molar-refractivity contribution in [1.82, 2.24) is 0 Å². The van der Waals surface area contributed by atoms with Crippen LogP contribution in [0.25, 0.3) is 0 Å². The maximum atomic E-state index is 9.37. The Bertz CT molecular complexity index is 47.4. The van der Waals surface area contributed by atoms with Crippen LogP contribution >= 0.6 is 12.0 Å². The Morgan fingerprint density at radius 2 is 2.57 bits per heavy atom. The van der Waals surface area contributed by atoms with E-state index in [-0.39, 0.29) is 6.61 Å². The SMILES string of the molecule is O=COCCSO. The van der Waals surface area contributed by atoms with E-state index in [1.165, 1.54) is 0 Å². The van der Waals surface area contributed by atoms with Crippen molar-refractivity contribution < 1.29 is 14.1 Å². The fraction of sp³-hybridized carbons (Fsp3) is 0.667. The molecular formula is C3H6O3S. The quantitative estimate of drug-likeness (QED) is 0.332. The summed E-state index contributed by atoms with van der Waals surface area (Å²) in [6.45, 7) is 0.640. The Labute approximate surface area is 45.9 Å². The van der Waals surface area contributed by atoms with Crippen LogP contribution in [0, 0.1) is 0 Å². The van der Waals surface area contributed by atoms with Crippen LogP contribution in [0.1, 0.15) is 0 Å². The van der Waals surface area contributed by atoms with E-state index in [2.05, 4.69) is 4.74 Å². The highest BCUT2D eigenvalue weighted by Crippen LogP contribution is 1.87. The lowest BCUT2D eigenvalue weighted by atomic mass is 10.9. The standard InChI is InChI=1S/C3H6O3S/c4-3-6-1-2-7-5/h3,5H,1-2H2. The molecule has 0 rings (SSSR count). The highest BCUT2D eigenvalue weighted by atomic mass is 32.2. The van der Waals surface area contributed by atoms with Crippen molar-refractivity contribution in [3.63, 3.8) is 0 Å². The molecule has 0 spiro atoms. The summed E-state index contributed by atoms with van der Waals surface area (Å²) in [4.78, 5) is 9.37. The molecule has 0 bridgehead atoms. The molecule has 0 heterocycles. The second kappa shape index (κ2) is 5.78. The third-order valence-corrected chi connectivity index (χ3v) is 0.710. The van der Waals surface area contributed by atoms with Crippen molar-refractivity contribution in [2.45, 2.75) is 0 Å². The van der Waals surface area contributed by atoms with Gasteiger partial charge < -0.3 is 9.29 Å². The monoisotopic (exact) mass is 122 g/mol. The summed E-state index contributed by atoms with van der Waals surface area (Å²) >= 11 is 0.658. The van der Waals surface area contributed by atoms with Crippen LogP contribution < -0.4 is 0 Å². The number of carbonyl (C=O) groups is 1. The van der Waals surface area contributed by atoms with Crippen molar-refractivity contribution >= 4 is 18.5 Å². The van der Waals surface area contributed by atoms with Gasteiger partial charge in [0.15, 0.2) is 0 Å². The lowest BCUT2D eigenvalue weighted by Gasteiger charge is -1.89. The molecule has 0 aliphatic rings. The molecule has 0 aromatic rings.